The molecule has 158 valence electrons. The van der Waals surface area contributed by atoms with Gasteiger partial charge in [-0.25, -0.2) is 0 Å². The summed E-state index contributed by atoms with van der Waals surface area (Å²) in [6, 6.07) is 7.31. The first-order chi connectivity index (χ1) is 14.6. The van der Waals surface area contributed by atoms with Crippen LogP contribution in [0.1, 0.15) is 28.7 Å². The molecule has 5 rings (SSSR count). The summed E-state index contributed by atoms with van der Waals surface area (Å²) in [6.45, 7) is 0.289. The van der Waals surface area contributed by atoms with E-state index in [1.54, 1.807) is 20.3 Å². The fourth-order valence-electron chi connectivity index (χ4n) is 4.81. The third-order valence-electron chi connectivity index (χ3n) is 6.19. The number of carbonyl (C=O) groups excluding carboxylic acids is 1. The van der Waals surface area contributed by atoms with Gasteiger partial charge in [-0.2, -0.15) is 0 Å². The maximum atomic E-state index is 12.7. The molecule has 30 heavy (non-hydrogen) atoms. The molecule has 1 aliphatic carbocycles. The van der Waals surface area contributed by atoms with Crippen molar-refractivity contribution in [1.29, 1.82) is 0 Å². The van der Waals surface area contributed by atoms with Gasteiger partial charge < -0.3 is 33.5 Å². The number of aliphatic hydroxyl groups is 1. The zero-order chi connectivity index (χ0) is 21.0. The molecule has 4 atom stereocenters. The minimum absolute atomic E-state index is 0.123. The van der Waals surface area contributed by atoms with Crippen LogP contribution in [0.25, 0.3) is 0 Å². The molecule has 8 heteroatoms. The summed E-state index contributed by atoms with van der Waals surface area (Å²) in [5, 5.41) is 11.0. The van der Waals surface area contributed by atoms with E-state index < -0.39 is 12.0 Å². The summed E-state index contributed by atoms with van der Waals surface area (Å²) in [7, 11) is 4.63. The van der Waals surface area contributed by atoms with E-state index in [0.717, 1.165) is 11.1 Å². The van der Waals surface area contributed by atoms with Crippen molar-refractivity contribution in [3.05, 3.63) is 41.0 Å². The zero-order valence-corrected chi connectivity index (χ0v) is 16.8. The molecule has 2 aromatic carbocycles. The maximum absolute atomic E-state index is 12.7. The molecule has 2 aliphatic heterocycles. The van der Waals surface area contributed by atoms with Gasteiger partial charge in [0.05, 0.1) is 40.0 Å². The van der Waals surface area contributed by atoms with Crippen LogP contribution < -0.4 is 23.7 Å². The molecule has 0 bridgehead atoms. The number of esters is 1. The van der Waals surface area contributed by atoms with Crippen LogP contribution >= 0.6 is 0 Å². The van der Waals surface area contributed by atoms with Crippen molar-refractivity contribution in [2.75, 3.05) is 34.7 Å². The van der Waals surface area contributed by atoms with Crippen LogP contribution in [0, 0.1) is 11.8 Å². The van der Waals surface area contributed by atoms with Crippen molar-refractivity contribution in [2.24, 2.45) is 11.8 Å². The van der Waals surface area contributed by atoms with Gasteiger partial charge in [0.25, 0.3) is 0 Å². The largest absolute Gasteiger partial charge is 0.493 e. The smallest absolute Gasteiger partial charge is 0.310 e. The zero-order valence-electron chi connectivity index (χ0n) is 16.8. The van der Waals surface area contributed by atoms with Gasteiger partial charge in [-0.15, -0.1) is 0 Å². The molecular weight excluding hydrogens is 392 g/mol. The Labute approximate surface area is 173 Å². The van der Waals surface area contributed by atoms with Crippen molar-refractivity contribution in [3.8, 4) is 28.7 Å². The quantitative estimate of drug-likeness (QED) is 0.763. The first-order valence-electron chi connectivity index (χ1n) is 9.65. The first-order valence-corrected chi connectivity index (χ1v) is 9.65. The number of methoxy groups -OCH3 is 3. The predicted octanol–water partition coefficient (Wildman–Crippen LogP) is 2.41. The lowest BCUT2D eigenvalue weighted by atomic mass is 9.66. The van der Waals surface area contributed by atoms with E-state index >= 15 is 0 Å². The molecule has 1 fully saturated rings. The van der Waals surface area contributed by atoms with E-state index in [1.165, 1.54) is 7.11 Å². The normalized spacial score (nSPS) is 25.9. The minimum Gasteiger partial charge on any atom is -0.493 e. The van der Waals surface area contributed by atoms with Crippen molar-refractivity contribution in [2.45, 2.75) is 12.0 Å². The fourth-order valence-corrected chi connectivity index (χ4v) is 4.81. The Hall–Kier alpha value is -3.13. The molecule has 0 unspecified atom stereocenters. The molecular formula is C22H22O8. The van der Waals surface area contributed by atoms with Gasteiger partial charge in [0.15, 0.2) is 23.0 Å². The topological polar surface area (TPSA) is 92.7 Å². The second-order valence-corrected chi connectivity index (χ2v) is 7.54. The predicted molar refractivity (Wildman–Crippen MR) is 103 cm³/mol. The SMILES string of the molecule is COc1cc([C@@H]2c3cc4c(cc3[C@@H](O)[C@@H]3COC(=O)[C@H]23)OCO4)cc(OC)c1OC. The standard InChI is InChI=1S/C22H22O8/c1-25-16-4-10(5-17(26-2)21(16)27-3)18-11-6-14-15(30-9-29-14)7-12(11)20(23)13-8-28-22(24)19(13)18/h4-7,13,18-20,23H,8-9H2,1-3H3/t13-,18-,19+,20-/m1/s1. The highest BCUT2D eigenvalue weighted by Gasteiger charge is 2.52. The van der Waals surface area contributed by atoms with Crippen molar-refractivity contribution in [1.82, 2.24) is 0 Å². The number of carbonyl (C=O) groups is 1. The average molecular weight is 414 g/mol. The van der Waals surface area contributed by atoms with E-state index in [0.29, 0.717) is 34.3 Å². The number of aliphatic hydroxyl groups excluding tert-OH is 1. The maximum Gasteiger partial charge on any atom is 0.310 e. The van der Waals surface area contributed by atoms with Crippen LogP contribution in [-0.4, -0.2) is 45.8 Å². The molecule has 0 aromatic heterocycles. The van der Waals surface area contributed by atoms with Gasteiger partial charge in [0.1, 0.15) is 0 Å². The van der Waals surface area contributed by atoms with E-state index in [9.17, 15) is 9.90 Å². The summed E-state index contributed by atoms with van der Waals surface area (Å²) in [5.74, 6) is 0.989. The second kappa shape index (κ2) is 6.98. The van der Waals surface area contributed by atoms with Gasteiger partial charge in [0.2, 0.25) is 12.5 Å². The first kappa shape index (κ1) is 18.9. The van der Waals surface area contributed by atoms with E-state index in [2.05, 4.69) is 0 Å². The molecule has 0 spiro atoms. The van der Waals surface area contributed by atoms with Crippen LogP contribution in [0.2, 0.25) is 0 Å². The number of hydrogen-bond acceptors (Lipinski definition) is 8. The summed E-state index contributed by atoms with van der Waals surface area (Å²) < 4.78 is 32.9. The molecule has 8 nitrogen and oxygen atoms in total. The van der Waals surface area contributed by atoms with Gasteiger partial charge in [-0.3, -0.25) is 4.79 Å². The number of cyclic esters (lactones) is 1. The van der Waals surface area contributed by atoms with Crippen LogP contribution in [-0.2, 0) is 9.53 Å². The lowest BCUT2D eigenvalue weighted by Crippen LogP contribution is -2.34. The number of fused-ring (bicyclic) bond motifs is 3. The second-order valence-electron chi connectivity index (χ2n) is 7.54. The van der Waals surface area contributed by atoms with E-state index in [4.69, 9.17) is 28.4 Å². The summed E-state index contributed by atoms with van der Waals surface area (Å²) >= 11 is 0. The highest BCUT2D eigenvalue weighted by atomic mass is 16.7. The Bertz CT molecular complexity index is 991. The van der Waals surface area contributed by atoms with Crippen LogP contribution in [0.4, 0.5) is 0 Å². The fraction of sp³-hybridized carbons (Fsp3) is 0.409. The molecule has 3 aliphatic rings. The third kappa shape index (κ3) is 2.60. The van der Waals surface area contributed by atoms with Gasteiger partial charge in [-0.1, -0.05) is 0 Å². The van der Waals surface area contributed by atoms with E-state index in [1.807, 2.05) is 18.2 Å². The van der Waals surface area contributed by atoms with Crippen molar-refractivity contribution < 1.29 is 38.3 Å². The highest BCUT2D eigenvalue weighted by molar-refractivity contribution is 5.79. The molecule has 0 saturated carbocycles. The summed E-state index contributed by atoms with van der Waals surface area (Å²) in [6.07, 6.45) is -0.843. The molecule has 2 heterocycles. The minimum atomic E-state index is -0.843. The molecule has 1 saturated heterocycles. The number of benzene rings is 2. The Balaban J connectivity index is 1.74. The van der Waals surface area contributed by atoms with Crippen LogP contribution in [0.15, 0.2) is 24.3 Å². The number of rotatable bonds is 4. The van der Waals surface area contributed by atoms with E-state index in [-0.39, 0.29) is 31.2 Å². The summed E-state index contributed by atoms with van der Waals surface area (Å²) in [4.78, 5) is 12.7. The molecule has 1 N–H and O–H groups in total. The van der Waals surface area contributed by atoms with Crippen molar-refractivity contribution >= 4 is 5.97 Å². The lowest BCUT2D eigenvalue weighted by molar-refractivity contribution is -0.141. The Morgan fingerprint density at radius 1 is 0.900 bits per heavy atom. The monoisotopic (exact) mass is 414 g/mol. The Morgan fingerprint density at radius 3 is 2.13 bits per heavy atom. The summed E-state index contributed by atoms with van der Waals surface area (Å²) in [5.41, 5.74) is 2.30. The molecule has 2 aromatic rings. The number of ether oxygens (including phenoxy) is 6. The van der Waals surface area contributed by atoms with Crippen molar-refractivity contribution in [3.63, 3.8) is 0 Å². The average Bonchev–Trinajstić information content (AvgIpc) is 3.38. The van der Waals surface area contributed by atoms with Gasteiger partial charge >= 0.3 is 5.97 Å². The molecule has 0 amide bonds. The highest BCUT2D eigenvalue weighted by Crippen LogP contribution is 2.55. The van der Waals surface area contributed by atoms with Crippen LogP contribution in [0.5, 0.6) is 28.7 Å². The third-order valence-corrected chi connectivity index (χ3v) is 6.19. The molecule has 0 radical (unpaired) electrons. The van der Waals surface area contributed by atoms with Gasteiger partial charge in [-0.05, 0) is 41.0 Å². The lowest BCUT2D eigenvalue weighted by Gasteiger charge is -2.37. The van der Waals surface area contributed by atoms with Gasteiger partial charge in [0, 0.05) is 11.8 Å². The Kier molecular flexibility index (Phi) is 4.39. The number of hydrogen-bond donors (Lipinski definition) is 1. The Morgan fingerprint density at radius 2 is 1.53 bits per heavy atom. The van der Waals surface area contributed by atoms with Crippen LogP contribution in [0.3, 0.4) is 0 Å².